The molecule has 1 rings (SSSR count). The monoisotopic (exact) mass is 297 g/mol. The van der Waals surface area contributed by atoms with E-state index in [-0.39, 0.29) is 18.8 Å². The van der Waals surface area contributed by atoms with Gasteiger partial charge in [0.25, 0.3) is 0 Å². The van der Waals surface area contributed by atoms with E-state index in [9.17, 15) is 9.59 Å². The molecule has 1 aromatic heterocycles. The summed E-state index contributed by atoms with van der Waals surface area (Å²) in [5.74, 6) is -0.117. The predicted molar refractivity (Wildman–Crippen MR) is 77.2 cm³/mol. The fourth-order valence-corrected chi connectivity index (χ4v) is 1.80. The zero-order valence-electron chi connectivity index (χ0n) is 13.2. The van der Waals surface area contributed by atoms with Crippen molar-refractivity contribution < 1.29 is 19.1 Å². The summed E-state index contributed by atoms with van der Waals surface area (Å²) in [7, 11) is 3.21. The van der Waals surface area contributed by atoms with E-state index < -0.39 is 17.7 Å². The molecule has 0 bridgehead atoms. The number of Topliss-reactive ketones (excluding diaryl/α,β-unsaturated/α-hetero) is 1. The molecule has 1 aromatic rings. The second kappa shape index (κ2) is 7.21. The Morgan fingerprint density at radius 1 is 1.43 bits per heavy atom. The number of ketones is 1. The number of aromatic nitrogens is 2. The number of nitrogens with zero attached hydrogens (tertiary/aromatic N) is 2. The van der Waals surface area contributed by atoms with Crippen LogP contribution in [0, 0.1) is 0 Å². The van der Waals surface area contributed by atoms with Crippen LogP contribution >= 0.6 is 0 Å². The van der Waals surface area contributed by atoms with Gasteiger partial charge in [0.15, 0.2) is 5.78 Å². The Labute approximate surface area is 124 Å². The Balaban J connectivity index is 2.63. The first-order chi connectivity index (χ1) is 9.73. The fourth-order valence-electron chi connectivity index (χ4n) is 1.80. The molecular formula is C14H23N3O4. The number of carbonyl (C=O) groups is 2. The molecule has 0 saturated carbocycles. The van der Waals surface area contributed by atoms with Crippen LogP contribution in [0.2, 0.25) is 0 Å². The number of nitrogens with one attached hydrogen (secondary N) is 1. The number of methoxy groups -OCH3 is 1. The van der Waals surface area contributed by atoms with Gasteiger partial charge in [-0.25, -0.2) is 4.79 Å². The van der Waals surface area contributed by atoms with E-state index in [1.807, 2.05) is 0 Å². The van der Waals surface area contributed by atoms with Crippen molar-refractivity contribution >= 4 is 11.9 Å². The van der Waals surface area contributed by atoms with Crippen LogP contribution < -0.4 is 5.32 Å². The van der Waals surface area contributed by atoms with E-state index in [0.29, 0.717) is 5.69 Å². The first-order valence-corrected chi connectivity index (χ1v) is 6.72. The van der Waals surface area contributed by atoms with Crippen molar-refractivity contribution in [2.24, 2.45) is 7.05 Å². The summed E-state index contributed by atoms with van der Waals surface area (Å²) < 4.78 is 11.7. The summed E-state index contributed by atoms with van der Waals surface area (Å²) in [6, 6.07) is 1.19. The maximum absolute atomic E-state index is 12.2. The third kappa shape index (κ3) is 5.95. The highest BCUT2D eigenvalue weighted by atomic mass is 16.6. The SMILES string of the molecule is COCC(CC(=O)c1ccnn1C)NC(=O)OC(C)(C)C. The summed E-state index contributed by atoms with van der Waals surface area (Å²) in [5, 5.41) is 6.60. The van der Waals surface area contributed by atoms with Gasteiger partial charge in [0, 0.05) is 26.8 Å². The lowest BCUT2D eigenvalue weighted by Crippen LogP contribution is -2.42. The number of aryl methyl sites for hydroxylation is 1. The number of hydrogen-bond donors (Lipinski definition) is 1. The molecule has 1 N–H and O–H groups in total. The summed E-state index contributed by atoms with van der Waals surface area (Å²) in [6.07, 6.45) is 1.11. The lowest BCUT2D eigenvalue weighted by Gasteiger charge is -2.23. The summed E-state index contributed by atoms with van der Waals surface area (Å²) in [5.41, 5.74) is -0.101. The molecular weight excluding hydrogens is 274 g/mol. The van der Waals surface area contributed by atoms with Gasteiger partial charge in [-0.3, -0.25) is 9.48 Å². The molecule has 0 fully saturated rings. The Hall–Kier alpha value is -1.89. The number of hydrogen-bond acceptors (Lipinski definition) is 5. The van der Waals surface area contributed by atoms with Gasteiger partial charge in [-0.05, 0) is 26.8 Å². The molecule has 1 unspecified atom stereocenters. The minimum Gasteiger partial charge on any atom is -0.444 e. The van der Waals surface area contributed by atoms with Gasteiger partial charge in [0.1, 0.15) is 11.3 Å². The van der Waals surface area contributed by atoms with Crippen LogP contribution in [0.15, 0.2) is 12.3 Å². The molecule has 0 saturated heterocycles. The van der Waals surface area contributed by atoms with Crippen LogP contribution in [0.3, 0.4) is 0 Å². The second-order valence-electron chi connectivity index (χ2n) is 5.77. The van der Waals surface area contributed by atoms with Crippen LogP contribution in [0.5, 0.6) is 0 Å². The highest BCUT2D eigenvalue weighted by molar-refractivity contribution is 5.95. The largest absolute Gasteiger partial charge is 0.444 e. The van der Waals surface area contributed by atoms with Crippen LogP contribution in [-0.4, -0.2) is 47.0 Å². The molecule has 0 aromatic carbocycles. The van der Waals surface area contributed by atoms with Crippen LogP contribution in [0.25, 0.3) is 0 Å². The Bertz CT molecular complexity index is 491. The van der Waals surface area contributed by atoms with Gasteiger partial charge in [-0.15, -0.1) is 0 Å². The van der Waals surface area contributed by atoms with Crippen LogP contribution in [0.1, 0.15) is 37.7 Å². The molecule has 118 valence electrons. The Kier molecular flexibility index (Phi) is 5.90. The lowest BCUT2D eigenvalue weighted by molar-refractivity contribution is 0.0464. The number of ether oxygens (including phenoxy) is 2. The van der Waals surface area contributed by atoms with E-state index in [2.05, 4.69) is 10.4 Å². The highest BCUT2D eigenvalue weighted by Crippen LogP contribution is 2.09. The molecule has 1 amide bonds. The van der Waals surface area contributed by atoms with E-state index in [1.165, 1.54) is 11.8 Å². The number of carbonyl (C=O) groups excluding carboxylic acids is 2. The van der Waals surface area contributed by atoms with Crippen molar-refractivity contribution in [1.29, 1.82) is 0 Å². The fraction of sp³-hybridized carbons (Fsp3) is 0.643. The van der Waals surface area contributed by atoms with Gasteiger partial charge >= 0.3 is 6.09 Å². The third-order valence-electron chi connectivity index (χ3n) is 2.63. The molecule has 1 heterocycles. The van der Waals surface area contributed by atoms with E-state index in [1.54, 1.807) is 40.1 Å². The van der Waals surface area contributed by atoms with Gasteiger partial charge < -0.3 is 14.8 Å². The summed E-state index contributed by atoms with van der Waals surface area (Å²) >= 11 is 0. The zero-order chi connectivity index (χ0) is 16.0. The van der Waals surface area contributed by atoms with E-state index in [4.69, 9.17) is 9.47 Å². The third-order valence-corrected chi connectivity index (χ3v) is 2.63. The molecule has 1 atom stereocenters. The van der Waals surface area contributed by atoms with Crippen molar-refractivity contribution in [2.75, 3.05) is 13.7 Å². The molecule has 0 aliphatic carbocycles. The maximum atomic E-state index is 12.2. The first kappa shape index (κ1) is 17.2. The molecule has 0 aliphatic heterocycles. The topological polar surface area (TPSA) is 82.5 Å². The minimum absolute atomic E-state index is 0.117. The molecule has 0 radical (unpaired) electrons. The first-order valence-electron chi connectivity index (χ1n) is 6.72. The number of rotatable bonds is 6. The van der Waals surface area contributed by atoms with Crippen molar-refractivity contribution in [2.45, 2.75) is 38.8 Å². The van der Waals surface area contributed by atoms with Crippen LogP contribution in [0.4, 0.5) is 4.79 Å². The average Bonchev–Trinajstić information content (AvgIpc) is 2.73. The minimum atomic E-state index is -0.590. The maximum Gasteiger partial charge on any atom is 0.407 e. The second-order valence-corrected chi connectivity index (χ2v) is 5.77. The smallest absolute Gasteiger partial charge is 0.407 e. The lowest BCUT2D eigenvalue weighted by atomic mass is 10.1. The van der Waals surface area contributed by atoms with Crippen LogP contribution in [-0.2, 0) is 16.5 Å². The van der Waals surface area contributed by atoms with E-state index >= 15 is 0 Å². The molecule has 7 nitrogen and oxygen atoms in total. The number of alkyl carbamates (subject to hydrolysis) is 1. The van der Waals surface area contributed by atoms with Gasteiger partial charge in [0.2, 0.25) is 0 Å². The van der Waals surface area contributed by atoms with Crippen molar-refractivity contribution in [3.63, 3.8) is 0 Å². The summed E-state index contributed by atoms with van der Waals surface area (Å²) in [6.45, 7) is 5.55. The van der Waals surface area contributed by atoms with Gasteiger partial charge in [-0.2, -0.15) is 5.10 Å². The quantitative estimate of drug-likeness (QED) is 0.805. The molecule has 7 heteroatoms. The van der Waals surface area contributed by atoms with Gasteiger partial charge in [-0.1, -0.05) is 0 Å². The van der Waals surface area contributed by atoms with Crippen molar-refractivity contribution in [1.82, 2.24) is 15.1 Å². The van der Waals surface area contributed by atoms with Crippen molar-refractivity contribution in [3.8, 4) is 0 Å². The number of amides is 1. The standard InChI is InChI=1S/C14H23N3O4/c1-14(2,3)21-13(19)16-10(9-20-5)8-12(18)11-6-7-15-17(11)4/h6-7,10H,8-9H2,1-5H3,(H,16,19). The van der Waals surface area contributed by atoms with Gasteiger partial charge in [0.05, 0.1) is 12.6 Å². The summed E-state index contributed by atoms with van der Waals surface area (Å²) in [4.78, 5) is 23.9. The highest BCUT2D eigenvalue weighted by Gasteiger charge is 2.22. The normalized spacial score (nSPS) is 12.8. The Morgan fingerprint density at radius 2 is 2.10 bits per heavy atom. The average molecular weight is 297 g/mol. The molecule has 21 heavy (non-hydrogen) atoms. The Morgan fingerprint density at radius 3 is 2.57 bits per heavy atom. The molecule has 0 spiro atoms. The van der Waals surface area contributed by atoms with E-state index in [0.717, 1.165) is 0 Å². The van der Waals surface area contributed by atoms with Crippen molar-refractivity contribution in [3.05, 3.63) is 18.0 Å². The predicted octanol–water partition coefficient (Wildman–Crippen LogP) is 1.53. The zero-order valence-corrected chi connectivity index (χ0v) is 13.2. The molecule has 0 aliphatic rings.